The van der Waals surface area contributed by atoms with Gasteiger partial charge in [0.05, 0.1) is 18.5 Å². The van der Waals surface area contributed by atoms with E-state index in [0.29, 0.717) is 25.7 Å². The number of hydrogen-bond acceptors (Lipinski definition) is 10. The number of nitriles is 1. The van der Waals surface area contributed by atoms with Crippen LogP contribution in [0, 0.1) is 17.2 Å². The number of nitrogens with two attached hydrogens (primary N) is 2. The molecule has 0 spiro atoms. The van der Waals surface area contributed by atoms with Crippen molar-refractivity contribution >= 4 is 28.6 Å². The van der Waals surface area contributed by atoms with Crippen molar-refractivity contribution in [2.24, 2.45) is 11.7 Å². The van der Waals surface area contributed by atoms with Crippen LogP contribution in [-0.4, -0.2) is 54.9 Å². The molecule has 0 fully saturated rings. The molecule has 0 bridgehead atoms. The van der Waals surface area contributed by atoms with Crippen molar-refractivity contribution in [1.29, 1.82) is 5.26 Å². The average Bonchev–Trinajstić information content (AvgIpc) is 2.91. The molecule has 0 aliphatic heterocycles. The second-order valence-corrected chi connectivity index (χ2v) is 7.83. The van der Waals surface area contributed by atoms with Crippen LogP contribution in [-0.2, 0) is 4.79 Å². The fourth-order valence-electron chi connectivity index (χ4n) is 3.92. The number of anilines is 2. The summed E-state index contributed by atoms with van der Waals surface area (Å²) in [4.78, 5) is 23.8. The number of likely N-dealkylation sites (N-methyl/N-ethyl adjacent to an activating group) is 1. The van der Waals surface area contributed by atoms with Crippen molar-refractivity contribution in [3.8, 4) is 17.7 Å². The third-order valence-electron chi connectivity index (χ3n) is 5.14. The molecule has 0 saturated heterocycles. The number of aromatic hydroxyl groups is 2. The predicted molar refractivity (Wildman–Crippen MR) is 112 cm³/mol. The van der Waals surface area contributed by atoms with Gasteiger partial charge >= 0.3 is 0 Å². The first-order chi connectivity index (χ1) is 14.0. The minimum Gasteiger partial charge on any atom is -0.503 e. The van der Waals surface area contributed by atoms with Crippen LogP contribution in [0.5, 0.6) is 11.6 Å². The monoisotopic (exact) mass is 419 g/mol. The molecule has 8 N–H and O–H groups in total. The molecule has 11 heteroatoms. The Hall–Kier alpha value is -3.10. The smallest absolute Gasteiger partial charge is 0.234 e. The topological polar surface area (TPSA) is 198 Å². The Morgan fingerprint density at radius 3 is 2.63 bits per heavy atom. The number of unbranched alkanes of at least 4 members (excludes halogenated alkanes) is 1. The summed E-state index contributed by atoms with van der Waals surface area (Å²) in [5.74, 6) is -0.993. The summed E-state index contributed by atoms with van der Waals surface area (Å²) >= 11 is 0. The number of aromatic amines is 1. The molecule has 0 amide bonds. The number of ketones is 1. The summed E-state index contributed by atoms with van der Waals surface area (Å²) < 4.78 is 0. The number of Topliss-reactive ketones (excluding diaryl/α,β-unsaturated/α-hetero) is 1. The third kappa shape index (κ3) is 5.08. The SMILES string of the molecule is CC(CCCCC(=O)CC#N)C(N(C)c1nc(N)nc2[nH]c(O)c(O)c12)C(C)(N)O. The summed E-state index contributed by atoms with van der Waals surface area (Å²) in [6.07, 6.45) is 2.23. The molecule has 30 heavy (non-hydrogen) atoms. The normalized spacial score (nSPS) is 15.3. The molecule has 11 nitrogen and oxygen atoms in total. The number of aliphatic hydroxyl groups is 1. The van der Waals surface area contributed by atoms with E-state index in [9.17, 15) is 20.1 Å². The highest BCUT2D eigenvalue weighted by atomic mass is 16.3. The number of nitrogens with one attached hydrogen (secondary N) is 1. The van der Waals surface area contributed by atoms with Gasteiger partial charge in [0.2, 0.25) is 11.8 Å². The highest BCUT2D eigenvalue weighted by molar-refractivity contribution is 5.96. The lowest BCUT2D eigenvalue weighted by Crippen LogP contribution is -2.59. The van der Waals surface area contributed by atoms with E-state index in [4.69, 9.17) is 16.7 Å². The Bertz CT molecular complexity index is 945. The van der Waals surface area contributed by atoms with Crippen LogP contribution in [0.1, 0.15) is 46.0 Å². The molecule has 2 aromatic heterocycles. The maximum absolute atomic E-state index is 11.5. The van der Waals surface area contributed by atoms with Crippen molar-refractivity contribution in [1.82, 2.24) is 15.0 Å². The molecule has 164 valence electrons. The average molecular weight is 419 g/mol. The van der Waals surface area contributed by atoms with E-state index < -0.39 is 23.4 Å². The summed E-state index contributed by atoms with van der Waals surface area (Å²) in [6.45, 7) is 3.38. The molecular formula is C19H29N7O4. The maximum atomic E-state index is 11.5. The van der Waals surface area contributed by atoms with Crippen molar-refractivity contribution in [2.45, 2.75) is 57.7 Å². The number of H-pyrrole nitrogens is 1. The maximum Gasteiger partial charge on any atom is 0.234 e. The van der Waals surface area contributed by atoms with Crippen LogP contribution in [0.15, 0.2) is 0 Å². The van der Waals surface area contributed by atoms with Crippen molar-refractivity contribution < 1.29 is 20.1 Å². The van der Waals surface area contributed by atoms with E-state index in [2.05, 4.69) is 15.0 Å². The number of fused-ring (bicyclic) bond motifs is 1. The number of aromatic nitrogens is 3. The van der Waals surface area contributed by atoms with Gasteiger partial charge in [0.1, 0.15) is 22.7 Å². The van der Waals surface area contributed by atoms with E-state index in [1.54, 1.807) is 11.9 Å². The number of nitrogens with zero attached hydrogens (tertiary/aromatic N) is 4. The Labute approximate surface area is 174 Å². The number of carbonyl (C=O) groups is 1. The van der Waals surface area contributed by atoms with Gasteiger partial charge in [-0.1, -0.05) is 13.3 Å². The quantitative estimate of drug-likeness (QED) is 0.239. The molecule has 2 aromatic rings. The molecule has 3 unspecified atom stereocenters. The third-order valence-corrected chi connectivity index (χ3v) is 5.14. The van der Waals surface area contributed by atoms with E-state index in [-0.39, 0.29) is 40.9 Å². The Morgan fingerprint density at radius 2 is 2.03 bits per heavy atom. The lowest BCUT2D eigenvalue weighted by atomic mass is 9.87. The molecule has 2 heterocycles. The minimum absolute atomic E-state index is 0.0790. The van der Waals surface area contributed by atoms with Gasteiger partial charge in [-0.2, -0.15) is 15.2 Å². The summed E-state index contributed by atoms with van der Waals surface area (Å²) in [5.41, 5.74) is 10.4. The molecule has 0 aromatic carbocycles. The van der Waals surface area contributed by atoms with Gasteiger partial charge in [0, 0.05) is 13.5 Å². The van der Waals surface area contributed by atoms with Crippen LogP contribution in [0.25, 0.3) is 11.0 Å². The molecule has 0 aliphatic carbocycles. The standard InChI is InChI=1S/C19H29N7O4/c1-10(6-4-5-7-11(27)8-9-20)14(19(2,22)30)26(3)16-12-13(28)17(29)23-15(12)24-18(21)25-16/h10,14,28-30H,4-8,22H2,1-3H3,(H3,21,23,24,25). The number of carbonyl (C=O) groups excluding carboxylic acids is 1. The largest absolute Gasteiger partial charge is 0.503 e. The van der Waals surface area contributed by atoms with Gasteiger partial charge in [-0.3, -0.25) is 4.79 Å². The summed E-state index contributed by atoms with van der Waals surface area (Å²) in [6, 6.07) is 1.21. The second-order valence-electron chi connectivity index (χ2n) is 7.83. The summed E-state index contributed by atoms with van der Waals surface area (Å²) in [5, 5.41) is 39.4. The van der Waals surface area contributed by atoms with Gasteiger partial charge in [0.25, 0.3) is 0 Å². The van der Waals surface area contributed by atoms with Gasteiger partial charge in [0.15, 0.2) is 11.4 Å². The molecular weight excluding hydrogens is 390 g/mol. The lowest BCUT2D eigenvalue weighted by Gasteiger charge is -2.41. The van der Waals surface area contributed by atoms with Crippen LogP contribution in [0.2, 0.25) is 0 Å². The lowest BCUT2D eigenvalue weighted by molar-refractivity contribution is -0.118. The van der Waals surface area contributed by atoms with E-state index in [0.717, 1.165) is 0 Å². The number of hydrogen-bond donors (Lipinski definition) is 6. The zero-order valence-corrected chi connectivity index (χ0v) is 17.4. The molecule has 0 radical (unpaired) electrons. The second kappa shape index (κ2) is 9.15. The highest BCUT2D eigenvalue weighted by Crippen LogP contribution is 2.40. The van der Waals surface area contributed by atoms with Crippen molar-refractivity contribution in [2.75, 3.05) is 17.7 Å². The van der Waals surface area contributed by atoms with Gasteiger partial charge < -0.3 is 36.7 Å². The highest BCUT2D eigenvalue weighted by Gasteiger charge is 2.37. The fraction of sp³-hybridized carbons (Fsp3) is 0.579. The first-order valence-corrected chi connectivity index (χ1v) is 9.67. The zero-order chi connectivity index (χ0) is 22.6. The fourth-order valence-corrected chi connectivity index (χ4v) is 3.92. The molecule has 0 saturated carbocycles. The number of nitrogen functional groups attached to an aromatic ring is 1. The van der Waals surface area contributed by atoms with Crippen molar-refractivity contribution in [3.05, 3.63) is 0 Å². The minimum atomic E-state index is -1.63. The first-order valence-electron chi connectivity index (χ1n) is 9.67. The van der Waals surface area contributed by atoms with E-state index in [1.165, 1.54) is 6.92 Å². The Balaban J connectivity index is 2.27. The zero-order valence-electron chi connectivity index (χ0n) is 17.4. The van der Waals surface area contributed by atoms with Crippen molar-refractivity contribution in [3.63, 3.8) is 0 Å². The molecule has 2 rings (SSSR count). The predicted octanol–water partition coefficient (Wildman–Crippen LogP) is 1.10. The molecule has 3 atom stereocenters. The first kappa shape index (κ1) is 23.2. The van der Waals surface area contributed by atoms with E-state index >= 15 is 0 Å². The Kier molecular flexibility index (Phi) is 7.07. The van der Waals surface area contributed by atoms with Crippen LogP contribution < -0.4 is 16.4 Å². The Morgan fingerprint density at radius 1 is 1.37 bits per heavy atom. The van der Waals surface area contributed by atoms with Crippen LogP contribution in [0.3, 0.4) is 0 Å². The van der Waals surface area contributed by atoms with E-state index in [1.807, 2.05) is 13.0 Å². The van der Waals surface area contributed by atoms with Crippen LogP contribution in [0.4, 0.5) is 11.8 Å². The van der Waals surface area contributed by atoms with Gasteiger partial charge in [-0.25, -0.2) is 0 Å². The van der Waals surface area contributed by atoms with Gasteiger partial charge in [-0.05, 0) is 25.7 Å². The molecule has 0 aliphatic rings. The van der Waals surface area contributed by atoms with Gasteiger partial charge in [-0.15, -0.1) is 0 Å². The number of rotatable bonds is 10. The van der Waals surface area contributed by atoms with Crippen LogP contribution >= 0.6 is 0 Å². The summed E-state index contributed by atoms with van der Waals surface area (Å²) in [7, 11) is 1.66.